The fourth-order valence-corrected chi connectivity index (χ4v) is 1.23. The average Bonchev–Trinajstić information content (AvgIpc) is 1.80. The van der Waals surface area contributed by atoms with Gasteiger partial charge in [0.25, 0.3) is 0 Å². The fourth-order valence-electron chi connectivity index (χ4n) is 1.23. The first kappa shape index (κ1) is 7.78. The van der Waals surface area contributed by atoms with Gasteiger partial charge in [-0.2, -0.15) is 0 Å². The van der Waals surface area contributed by atoms with Crippen LogP contribution < -0.4 is 0 Å². The summed E-state index contributed by atoms with van der Waals surface area (Å²) in [6, 6.07) is 0. The first-order chi connectivity index (χ1) is 5.04. The quantitative estimate of drug-likeness (QED) is 0.610. The smallest absolute Gasteiger partial charge is 0.332 e. The van der Waals surface area contributed by atoms with Gasteiger partial charge in [0.05, 0.1) is 11.5 Å². The molecule has 1 unspecified atom stereocenters. The number of carboxylic acid groups (broad SMARTS) is 2. The molecule has 11 heavy (non-hydrogen) atoms. The summed E-state index contributed by atoms with van der Waals surface area (Å²) >= 11 is 0. The summed E-state index contributed by atoms with van der Waals surface area (Å²) in [6.45, 7) is 1.64. The molecule has 0 saturated carbocycles. The summed E-state index contributed by atoms with van der Waals surface area (Å²) in [4.78, 5) is 20.7. The minimum atomic E-state index is -1.11. The summed E-state index contributed by atoms with van der Waals surface area (Å²) in [5, 5.41) is 17.0. The van der Waals surface area contributed by atoms with Crippen LogP contribution >= 0.6 is 0 Å². The first-order valence-corrected chi connectivity index (χ1v) is 3.19. The first-order valence-electron chi connectivity index (χ1n) is 3.19. The van der Waals surface area contributed by atoms with E-state index in [1.165, 1.54) is 0 Å². The zero-order chi connectivity index (χ0) is 8.59. The van der Waals surface area contributed by atoms with Crippen LogP contribution in [0.2, 0.25) is 0 Å². The number of rotatable bonds is 2. The molecule has 0 saturated heterocycles. The van der Waals surface area contributed by atoms with E-state index in [2.05, 4.69) is 0 Å². The molecule has 4 nitrogen and oxygen atoms in total. The van der Waals surface area contributed by atoms with Crippen molar-refractivity contribution in [1.29, 1.82) is 0 Å². The Morgan fingerprint density at radius 2 is 2.00 bits per heavy atom. The van der Waals surface area contributed by atoms with E-state index in [9.17, 15) is 9.59 Å². The van der Waals surface area contributed by atoms with Crippen molar-refractivity contribution in [1.82, 2.24) is 0 Å². The summed E-state index contributed by atoms with van der Waals surface area (Å²) in [7, 11) is 0. The number of aliphatic carboxylic acids is 2. The lowest BCUT2D eigenvalue weighted by Crippen LogP contribution is -2.30. The summed E-state index contributed by atoms with van der Waals surface area (Å²) in [5.74, 6) is -2.94. The van der Waals surface area contributed by atoms with Crippen LogP contribution in [0, 0.1) is 5.92 Å². The molecule has 2 N–H and O–H groups in total. The molecule has 0 bridgehead atoms. The van der Waals surface area contributed by atoms with Gasteiger partial charge in [-0.25, -0.2) is 4.79 Å². The zero-order valence-corrected chi connectivity index (χ0v) is 6.00. The lowest BCUT2D eigenvalue weighted by molar-refractivity contribution is -0.145. The van der Waals surface area contributed by atoms with E-state index in [1.54, 1.807) is 6.92 Å². The minimum Gasteiger partial charge on any atom is -0.481 e. The van der Waals surface area contributed by atoms with Gasteiger partial charge in [0, 0.05) is 0 Å². The fraction of sp³-hybridized carbons (Fsp3) is 0.429. The number of hydrogen-bond acceptors (Lipinski definition) is 2. The maximum Gasteiger partial charge on any atom is 0.332 e. The van der Waals surface area contributed by atoms with Gasteiger partial charge < -0.3 is 10.2 Å². The highest BCUT2D eigenvalue weighted by Gasteiger charge is 2.36. The molecule has 1 rings (SSSR count). The zero-order valence-electron chi connectivity index (χ0n) is 6.00. The molecule has 1 aliphatic carbocycles. The van der Waals surface area contributed by atoms with E-state index in [0.29, 0.717) is 12.0 Å². The van der Waals surface area contributed by atoms with Gasteiger partial charge in [-0.3, -0.25) is 4.79 Å². The van der Waals surface area contributed by atoms with Crippen molar-refractivity contribution in [2.24, 2.45) is 5.92 Å². The Labute approximate surface area is 63.1 Å². The van der Waals surface area contributed by atoms with Crippen LogP contribution in [0.4, 0.5) is 0 Å². The topological polar surface area (TPSA) is 74.6 Å². The lowest BCUT2D eigenvalue weighted by Gasteiger charge is -2.24. The Balaban J connectivity index is 2.84. The largest absolute Gasteiger partial charge is 0.481 e. The van der Waals surface area contributed by atoms with Crippen LogP contribution in [0.25, 0.3) is 0 Å². The van der Waals surface area contributed by atoms with Crippen molar-refractivity contribution in [2.75, 3.05) is 0 Å². The molecular weight excluding hydrogens is 148 g/mol. The Hall–Kier alpha value is -1.32. The van der Waals surface area contributed by atoms with Crippen LogP contribution in [-0.2, 0) is 9.59 Å². The third kappa shape index (κ3) is 1.11. The second-order valence-corrected chi connectivity index (χ2v) is 2.59. The van der Waals surface area contributed by atoms with E-state index in [4.69, 9.17) is 10.2 Å². The van der Waals surface area contributed by atoms with Gasteiger partial charge in [-0.1, -0.05) is 5.57 Å². The highest BCUT2D eigenvalue weighted by atomic mass is 16.4. The van der Waals surface area contributed by atoms with Gasteiger partial charge in [-0.15, -0.1) is 0 Å². The Bertz CT molecular complexity index is 251. The van der Waals surface area contributed by atoms with Gasteiger partial charge >= 0.3 is 11.9 Å². The molecule has 0 heterocycles. The molecule has 0 amide bonds. The van der Waals surface area contributed by atoms with Crippen LogP contribution in [-0.4, -0.2) is 22.2 Å². The Morgan fingerprint density at radius 3 is 2.18 bits per heavy atom. The SMILES string of the molecule is CC1=C(C(=O)O)C(C(=O)O)C1. The lowest BCUT2D eigenvalue weighted by atomic mass is 9.78. The second-order valence-electron chi connectivity index (χ2n) is 2.59. The Morgan fingerprint density at radius 1 is 1.45 bits per heavy atom. The summed E-state index contributed by atoms with van der Waals surface area (Å²) < 4.78 is 0. The van der Waals surface area contributed by atoms with Crippen molar-refractivity contribution < 1.29 is 19.8 Å². The van der Waals surface area contributed by atoms with Crippen molar-refractivity contribution >= 4 is 11.9 Å². The van der Waals surface area contributed by atoms with Crippen molar-refractivity contribution in [3.8, 4) is 0 Å². The maximum absolute atomic E-state index is 10.4. The van der Waals surface area contributed by atoms with Gasteiger partial charge in [0.15, 0.2) is 0 Å². The van der Waals surface area contributed by atoms with Crippen LogP contribution in [0.15, 0.2) is 11.1 Å². The molecular formula is C7H8O4. The van der Waals surface area contributed by atoms with Crippen LogP contribution in [0.5, 0.6) is 0 Å². The van der Waals surface area contributed by atoms with E-state index >= 15 is 0 Å². The average molecular weight is 156 g/mol. The highest BCUT2D eigenvalue weighted by molar-refractivity contribution is 5.97. The molecule has 4 heteroatoms. The minimum absolute atomic E-state index is 0.0532. The van der Waals surface area contributed by atoms with E-state index < -0.39 is 17.9 Å². The van der Waals surface area contributed by atoms with Crippen molar-refractivity contribution in [3.63, 3.8) is 0 Å². The van der Waals surface area contributed by atoms with E-state index in [1.807, 2.05) is 0 Å². The van der Waals surface area contributed by atoms with Crippen LogP contribution in [0.1, 0.15) is 13.3 Å². The highest BCUT2D eigenvalue weighted by Crippen LogP contribution is 2.34. The molecule has 0 aromatic carbocycles. The predicted molar refractivity (Wildman–Crippen MR) is 36.1 cm³/mol. The van der Waals surface area contributed by atoms with Gasteiger partial charge in [-0.05, 0) is 13.3 Å². The second kappa shape index (κ2) is 2.38. The molecule has 60 valence electrons. The molecule has 1 aliphatic rings. The number of allylic oxidation sites excluding steroid dienone is 1. The van der Waals surface area contributed by atoms with Crippen molar-refractivity contribution in [2.45, 2.75) is 13.3 Å². The number of hydrogen-bond donors (Lipinski definition) is 2. The number of carbonyl (C=O) groups is 2. The molecule has 0 spiro atoms. The predicted octanol–water partition coefficient (Wildman–Crippen LogP) is 0.492. The third-order valence-electron chi connectivity index (χ3n) is 1.85. The third-order valence-corrected chi connectivity index (χ3v) is 1.85. The number of carboxylic acids is 2. The molecule has 0 aromatic rings. The maximum atomic E-state index is 10.4. The molecule has 0 radical (unpaired) electrons. The van der Waals surface area contributed by atoms with Gasteiger partial charge in [0.2, 0.25) is 0 Å². The molecule has 0 aliphatic heterocycles. The molecule has 0 aromatic heterocycles. The van der Waals surface area contributed by atoms with Crippen molar-refractivity contribution in [3.05, 3.63) is 11.1 Å². The Kier molecular flexibility index (Phi) is 1.68. The van der Waals surface area contributed by atoms with E-state index in [0.717, 1.165) is 0 Å². The molecule has 0 fully saturated rings. The molecule has 1 atom stereocenters. The van der Waals surface area contributed by atoms with Crippen LogP contribution in [0.3, 0.4) is 0 Å². The normalized spacial score (nSPS) is 22.8. The summed E-state index contributed by atoms with van der Waals surface area (Å²) in [6.07, 6.45) is 0.372. The monoisotopic (exact) mass is 156 g/mol. The standard InChI is InChI=1S/C7H8O4/c1-3-2-4(6(8)9)5(3)7(10)11/h4H,2H2,1H3,(H,8,9)(H,10,11). The van der Waals surface area contributed by atoms with Gasteiger partial charge in [0.1, 0.15) is 0 Å². The van der Waals surface area contributed by atoms with E-state index in [-0.39, 0.29) is 5.57 Å². The summed E-state index contributed by atoms with van der Waals surface area (Å²) in [5.41, 5.74) is 0.724.